The molecule has 0 heterocycles. The van der Waals surface area contributed by atoms with Crippen molar-refractivity contribution in [3.05, 3.63) is 18.2 Å². The van der Waals surface area contributed by atoms with Crippen LogP contribution in [-0.2, 0) is 4.79 Å². The summed E-state index contributed by atoms with van der Waals surface area (Å²) in [7, 11) is 0. The lowest BCUT2D eigenvalue weighted by molar-refractivity contribution is -0.124. The second kappa shape index (κ2) is 4.90. The highest BCUT2D eigenvalue weighted by molar-refractivity contribution is 5.91. The molecular formula is C18H23NO3. The van der Waals surface area contributed by atoms with E-state index in [2.05, 4.69) is 5.32 Å². The monoisotopic (exact) mass is 301 g/mol. The molecule has 4 nitrogen and oxygen atoms in total. The van der Waals surface area contributed by atoms with Gasteiger partial charge in [-0.1, -0.05) is 0 Å². The van der Waals surface area contributed by atoms with Gasteiger partial charge < -0.3 is 15.5 Å². The zero-order valence-electron chi connectivity index (χ0n) is 12.7. The average Bonchev–Trinajstić information content (AvgIpc) is 2.33. The highest BCUT2D eigenvalue weighted by Gasteiger charge is 2.51. The molecule has 4 aliphatic carbocycles. The van der Waals surface area contributed by atoms with Crippen LogP contribution in [0.5, 0.6) is 11.5 Å². The van der Waals surface area contributed by atoms with Gasteiger partial charge in [0.1, 0.15) is 11.5 Å². The summed E-state index contributed by atoms with van der Waals surface area (Å²) in [5.41, 5.74) is 0.671. The van der Waals surface area contributed by atoms with Crippen LogP contribution in [0.1, 0.15) is 44.9 Å². The molecule has 4 saturated carbocycles. The van der Waals surface area contributed by atoms with E-state index in [1.54, 1.807) is 0 Å². The number of carbonyl (C=O) groups excluding carboxylic acids is 1. The number of carbonyl (C=O) groups is 1. The Morgan fingerprint density at radius 2 is 1.50 bits per heavy atom. The Bertz CT molecular complexity index is 555. The summed E-state index contributed by atoms with van der Waals surface area (Å²) in [6, 6.07) is 4.20. The molecule has 0 aromatic heterocycles. The lowest BCUT2D eigenvalue weighted by atomic mass is 9.49. The van der Waals surface area contributed by atoms with Crippen molar-refractivity contribution in [3.63, 3.8) is 0 Å². The van der Waals surface area contributed by atoms with Gasteiger partial charge in [-0.2, -0.15) is 0 Å². The minimum atomic E-state index is -0.0369. The summed E-state index contributed by atoms with van der Waals surface area (Å²) in [5.74, 6) is 2.44. The van der Waals surface area contributed by atoms with Gasteiger partial charge in [-0.25, -0.2) is 0 Å². The SMILES string of the molecule is O=C(CC12CC3CC(CC(C3)C1)C2)Nc1cc(O)cc(O)c1. The van der Waals surface area contributed by atoms with Crippen LogP contribution < -0.4 is 5.32 Å². The Hall–Kier alpha value is -1.71. The van der Waals surface area contributed by atoms with Crippen molar-refractivity contribution in [2.45, 2.75) is 44.9 Å². The number of anilines is 1. The fourth-order valence-corrected chi connectivity index (χ4v) is 5.72. The van der Waals surface area contributed by atoms with Crippen LogP contribution in [0.2, 0.25) is 0 Å². The predicted molar refractivity (Wildman–Crippen MR) is 83.6 cm³/mol. The molecule has 0 radical (unpaired) electrons. The third-order valence-electron chi connectivity index (χ3n) is 5.89. The van der Waals surface area contributed by atoms with Gasteiger partial charge in [0.25, 0.3) is 0 Å². The van der Waals surface area contributed by atoms with Crippen LogP contribution in [-0.4, -0.2) is 16.1 Å². The lowest BCUT2D eigenvalue weighted by Gasteiger charge is -2.56. The molecular weight excluding hydrogens is 278 g/mol. The second-order valence-corrected chi connectivity index (χ2v) is 7.88. The molecule has 3 N–H and O–H groups in total. The summed E-state index contributed by atoms with van der Waals surface area (Å²) < 4.78 is 0. The zero-order chi connectivity index (χ0) is 15.3. The van der Waals surface area contributed by atoms with E-state index in [4.69, 9.17) is 0 Å². The van der Waals surface area contributed by atoms with Crippen LogP contribution in [0.4, 0.5) is 5.69 Å². The fourth-order valence-electron chi connectivity index (χ4n) is 5.72. The van der Waals surface area contributed by atoms with E-state index in [1.807, 2.05) is 0 Å². The number of benzene rings is 1. The first-order valence-electron chi connectivity index (χ1n) is 8.33. The first-order chi connectivity index (χ1) is 10.5. The van der Waals surface area contributed by atoms with E-state index in [1.165, 1.54) is 56.7 Å². The topological polar surface area (TPSA) is 69.6 Å². The number of aromatic hydroxyl groups is 2. The Balaban J connectivity index is 1.46. The Morgan fingerprint density at radius 1 is 1.00 bits per heavy atom. The molecule has 0 spiro atoms. The van der Waals surface area contributed by atoms with Crippen LogP contribution in [0.15, 0.2) is 18.2 Å². The van der Waals surface area contributed by atoms with E-state index < -0.39 is 0 Å². The molecule has 22 heavy (non-hydrogen) atoms. The maximum atomic E-state index is 12.4. The Labute approximate surface area is 130 Å². The number of hydrogen-bond donors (Lipinski definition) is 3. The molecule has 0 atom stereocenters. The Kier molecular flexibility index (Phi) is 3.10. The van der Waals surface area contributed by atoms with Crippen molar-refractivity contribution in [1.82, 2.24) is 0 Å². The minimum Gasteiger partial charge on any atom is -0.508 e. The summed E-state index contributed by atoms with van der Waals surface area (Å²) in [4.78, 5) is 12.4. The van der Waals surface area contributed by atoms with Gasteiger partial charge in [-0.05, 0) is 61.7 Å². The van der Waals surface area contributed by atoms with Crippen molar-refractivity contribution >= 4 is 11.6 Å². The van der Waals surface area contributed by atoms with Gasteiger partial charge in [0.15, 0.2) is 0 Å². The maximum Gasteiger partial charge on any atom is 0.224 e. The van der Waals surface area contributed by atoms with Crippen molar-refractivity contribution in [2.24, 2.45) is 23.2 Å². The molecule has 4 fully saturated rings. The Morgan fingerprint density at radius 3 is 2.00 bits per heavy atom. The maximum absolute atomic E-state index is 12.4. The predicted octanol–water partition coefficient (Wildman–Crippen LogP) is 3.64. The molecule has 1 aromatic carbocycles. The van der Waals surface area contributed by atoms with Gasteiger partial charge in [-0.3, -0.25) is 4.79 Å². The van der Waals surface area contributed by atoms with Crippen molar-refractivity contribution in [3.8, 4) is 11.5 Å². The van der Waals surface area contributed by atoms with Crippen LogP contribution in [0.3, 0.4) is 0 Å². The number of nitrogens with one attached hydrogen (secondary N) is 1. The molecule has 0 aliphatic heterocycles. The number of hydrogen-bond acceptors (Lipinski definition) is 3. The summed E-state index contributed by atoms with van der Waals surface area (Å²) in [5, 5.41) is 21.8. The minimum absolute atomic E-state index is 0.00644. The average molecular weight is 301 g/mol. The third kappa shape index (κ3) is 2.55. The van der Waals surface area contributed by atoms with Crippen LogP contribution in [0, 0.1) is 23.2 Å². The van der Waals surface area contributed by atoms with Crippen LogP contribution in [0.25, 0.3) is 0 Å². The smallest absolute Gasteiger partial charge is 0.224 e. The molecule has 1 aromatic rings. The molecule has 5 rings (SSSR count). The summed E-state index contributed by atoms with van der Waals surface area (Å²) in [6.45, 7) is 0. The number of phenols is 2. The molecule has 0 unspecified atom stereocenters. The van der Waals surface area contributed by atoms with Crippen LogP contribution >= 0.6 is 0 Å². The highest BCUT2D eigenvalue weighted by atomic mass is 16.3. The molecule has 4 aliphatic rings. The van der Waals surface area contributed by atoms with Gasteiger partial charge in [0, 0.05) is 30.3 Å². The molecule has 1 amide bonds. The van der Waals surface area contributed by atoms with E-state index in [-0.39, 0.29) is 22.8 Å². The number of amides is 1. The van der Waals surface area contributed by atoms with Gasteiger partial charge in [0.05, 0.1) is 0 Å². The standard InChI is InChI=1S/C18H23NO3/c20-15-4-14(5-16(21)6-15)19-17(22)10-18-7-11-1-12(8-18)3-13(2-11)9-18/h4-6,11-13,20-21H,1-3,7-10H2,(H,19,22). The van der Waals surface area contributed by atoms with E-state index in [9.17, 15) is 15.0 Å². The molecule has 118 valence electrons. The molecule has 4 heteroatoms. The van der Waals surface area contributed by atoms with Crippen molar-refractivity contribution in [2.75, 3.05) is 5.32 Å². The lowest BCUT2D eigenvalue weighted by Crippen LogP contribution is -2.47. The van der Waals surface area contributed by atoms with E-state index in [0.717, 1.165) is 17.8 Å². The third-order valence-corrected chi connectivity index (χ3v) is 5.89. The van der Waals surface area contributed by atoms with Gasteiger partial charge >= 0.3 is 0 Å². The van der Waals surface area contributed by atoms with E-state index in [0.29, 0.717) is 12.1 Å². The first-order valence-corrected chi connectivity index (χ1v) is 8.33. The molecule has 4 bridgehead atoms. The van der Waals surface area contributed by atoms with E-state index >= 15 is 0 Å². The van der Waals surface area contributed by atoms with Crippen molar-refractivity contribution in [1.29, 1.82) is 0 Å². The van der Waals surface area contributed by atoms with Gasteiger partial charge in [0.2, 0.25) is 5.91 Å². The summed E-state index contributed by atoms with van der Waals surface area (Å²) >= 11 is 0. The quantitative estimate of drug-likeness (QED) is 0.798. The summed E-state index contributed by atoms with van der Waals surface area (Å²) in [6.07, 6.45) is 8.32. The number of rotatable bonds is 3. The zero-order valence-corrected chi connectivity index (χ0v) is 12.7. The highest BCUT2D eigenvalue weighted by Crippen LogP contribution is 2.61. The molecule has 0 saturated heterocycles. The largest absolute Gasteiger partial charge is 0.508 e. The fraction of sp³-hybridized carbons (Fsp3) is 0.611. The van der Waals surface area contributed by atoms with Crippen molar-refractivity contribution < 1.29 is 15.0 Å². The normalized spacial score (nSPS) is 35.5. The number of phenolic OH excluding ortho intramolecular Hbond substituents is 2. The second-order valence-electron chi connectivity index (χ2n) is 7.88. The van der Waals surface area contributed by atoms with Gasteiger partial charge in [-0.15, -0.1) is 0 Å². The first kappa shape index (κ1) is 13.9.